The summed E-state index contributed by atoms with van der Waals surface area (Å²) < 4.78 is 5.61. The van der Waals surface area contributed by atoms with Crippen LogP contribution in [0.5, 0.6) is 0 Å². The van der Waals surface area contributed by atoms with Crippen LogP contribution in [0.25, 0.3) is 28.5 Å². The van der Waals surface area contributed by atoms with E-state index >= 15 is 0 Å². The van der Waals surface area contributed by atoms with E-state index in [1.54, 1.807) is 17.0 Å². The zero-order valence-electron chi connectivity index (χ0n) is 21.2. The third-order valence-electron chi connectivity index (χ3n) is 6.56. The largest absolute Gasteiger partial charge is 0.335 e. The lowest BCUT2D eigenvalue weighted by atomic mass is 10.00. The number of unbranched alkanes of at least 4 members (excludes halogenated alkanes) is 2. The summed E-state index contributed by atoms with van der Waals surface area (Å²) in [4.78, 5) is 22.6. The Bertz CT molecular complexity index is 1490. The molecule has 1 N–H and O–H groups in total. The number of benzene rings is 1. The second-order valence-corrected chi connectivity index (χ2v) is 9.10. The topological polar surface area (TPSA) is 112 Å². The van der Waals surface area contributed by atoms with Crippen LogP contribution in [0.4, 0.5) is 0 Å². The summed E-state index contributed by atoms with van der Waals surface area (Å²) in [6.45, 7) is 5.58. The van der Waals surface area contributed by atoms with Crippen molar-refractivity contribution in [3.8, 4) is 28.5 Å². The highest BCUT2D eigenvalue weighted by molar-refractivity contribution is 5.69. The predicted octanol–water partition coefficient (Wildman–Crippen LogP) is 4.27. The van der Waals surface area contributed by atoms with Crippen molar-refractivity contribution in [1.82, 2.24) is 44.3 Å². The van der Waals surface area contributed by atoms with Crippen LogP contribution in [0.15, 0.2) is 66.1 Å². The molecule has 0 aliphatic carbocycles. The van der Waals surface area contributed by atoms with Gasteiger partial charge in [0, 0.05) is 48.8 Å². The van der Waals surface area contributed by atoms with Crippen LogP contribution in [0, 0.1) is 0 Å². The van der Waals surface area contributed by atoms with E-state index in [-0.39, 0.29) is 5.69 Å². The highest BCUT2D eigenvalue weighted by Crippen LogP contribution is 2.26. The molecule has 37 heavy (non-hydrogen) atoms. The maximum Gasteiger partial charge on any atom is 0.335 e. The summed E-state index contributed by atoms with van der Waals surface area (Å²) in [5.41, 5.74) is 4.86. The fourth-order valence-corrected chi connectivity index (χ4v) is 4.52. The molecule has 190 valence electrons. The molecule has 0 aliphatic heterocycles. The average molecular weight is 498 g/mol. The molecule has 10 nitrogen and oxygen atoms in total. The van der Waals surface area contributed by atoms with Crippen LogP contribution in [0.2, 0.25) is 0 Å². The van der Waals surface area contributed by atoms with Gasteiger partial charge in [0.25, 0.3) is 0 Å². The minimum Gasteiger partial charge on any atom is -0.317 e. The number of aryl methyl sites for hydroxylation is 2. The molecule has 1 aromatic carbocycles. The minimum absolute atomic E-state index is 0.0852. The van der Waals surface area contributed by atoms with Gasteiger partial charge in [0.1, 0.15) is 0 Å². The molecular weight excluding hydrogens is 466 g/mol. The number of aromatic nitrogens is 9. The number of nitrogens with one attached hydrogen (secondary N) is 1. The Balaban J connectivity index is 1.51. The fourth-order valence-electron chi connectivity index (χ4n) is 4.52. The average Bonchev–Trinajstić information content (AvgIpc) is 3.69. The van der Waals surface area contributed by atoms with Gasteiger partial charge in [0.2, 0.25) is 5.95 Å². The molecule has 0 saturated heterocycles. The number of H-pyrrole nitrogens is 1. The van der Waals surface area contributed by atoms with E-state index in [0.29, 0.717) is 18.3 Å². The Morgan fingerprint density at radius 3 is 2.54 bits per heavy atom. The second kappa shape index (κ2) is 11.2. The molecule has 0 aliphatic rings. The van der Waals surface area contributed by atoms with Gasteiger partial charge in [0.05, 0.1) is 6.54 Å². The molecule has 5 rings (SSSR count). The normalized spacial score (nSPS) is 11.3. The Morgan fingerprint density at radius 1 is 0.973 bits per heavy atom. The molecule has 0 bridgehead atoms. The highest BCUT2D eigenvalue weighted by atomic mass is 16.1. The summed E-state index contributed by atoms with van der Waals surface area (Å²) in [7, 11) is 0. The number of imidazole rings is 2. The van der Waals surface area contributed by atoms with Crippen molar-refractivity contribution in [3.63, 3.8) is 0 Å². The van der Waals surface area contributed by atoms with Crippen LogP contribution in [0.1, 0.15) is 50.8 Å². The molecule has 0 fully saturated rings. The SMILES string of the molecule is CCCCc1cn(-c2nccn2CCCC)c(=O)n1Cc1cnccc1-c1ccc(-c2nnn[nH]2)cc1. The van der Waals surface area contributed by atoms with Crippen LogP contribution in [-0.4, -0.2) is 44.3 Å². The first-order valence-electron chi connectivity index (χ1n) is 12.8. The van der Waals surface area contributed by atoms with E-state index in [1.807, 2.05) is 53.5 Å². The van der Waals surface area contributed by atoms with Crippen molar-refractivity contribution in [2.75, 3.05) is 0 Å². The lowest BCUT2D eigenvalue weighted by Gasteiger charge is -2.12. The zero-order chi connectivity index (χ0) is 25.6. The van der Waals surface area contributed by atoms with Gasteiger partial charge in [-0.05, 0) is 52.4 Å². The number of hydrogen-bond acceptors (Lipinski definition) is 6. The summed E-state index contributed by atoms with van der Waals surface area (Å²) in [6.07, 6.45) is 14.3. The number of aromatic amines is 1. The molecule has 4 heterocycles. The number of tetrazole rings is 1. The second-order valence-electron chi connectivity index (χ2n) is 9.10. The van der Waals surface area contributed by atoms with Crippen LogP contribution >= 0.6 is 0 Å². The Morgan fingerprint density at radius 2 is 1.78 bits per heavy atom. The van der Waals surface area contributed by atoms with Gasteiger partial charge in [-0.15, -0.1) is 5.10 Å². The summed E-state index contributed by atoms with van der Waals surface area (Å²) in [6, 6.07) is 10.0. The fraction of sp³-hybridized carbons (Fsp3) is 0.333. The first kappa shape index (κ1) is 24.4. The van der Waals surface area contributed by atoms with Crippen molar-refractivity contribution in [2.24, 2.45) is 0 Å². The molecule has 0 unspecified atom stereocenters. The minimum atomic E-state index is -0.0852. The van der Waals surface area contributed by atoms with Crippen molar-refractivity contribution in [2.45, 2.75) is 59.0 Å². The van der Waals surface area contributed by atoms with Gasteiger partial charge in [-0.3, -0.25) is 9.55 Å². The summed E-state index contributed by atoms with van der Waals surface area (Å²) >= 11 is 0. The van der Waals surface area contributed by atoms with E-state index < -0.39 is 0 Å². The van der Waals surface area contributed by atoms with Crippen LogP contribution in [0.3, 0.4) is 0 Å². The van der Waals surface area contributed by atoms with Gasteiger partial charge < -0.3 is 4.57 Å². The summed E-state index contributed by atoms with van der Waals surface area (Å²) in [5, 5.41) is 14.1. The van der Waals surface area contributed by atoms with Crippen molar-refractivity contribution in [3.05, 3.63) is 83.1 Å². The standard InChI is InChI=1S/C27H31N9O/c1-3-5-7-23-19-36(26-29-14-16-34(26)15-6-4-2)27(37)35(23)18-22-17-28-13-12-24(22)20-8-10-21(11-9-20)25-30-32-33-31-25/h8-14,16-17,19H,3-7,15,18H2,1-2H3,(H,30,31,32,33). The Labute approximate surface area is 215 Å². The first-order valence-corrected chi connectivity index (χ1v) is 12.8. The molecule has 0 spiro atoms. The number of pyridine rings is 1. The number of nitrogens with zero attached hydrogens (tertiary/aromatic N) is 8. The summed E-state index contributed by atoms with van der Waals surface area (Å²) in [5.74, 6) is 1.28. The molecule has 0 saturated carbocycles. The number of rotatable bonds is 11. The van der Waals surface area contributed by atoms with Crippen LogP contribution in [-0.2, 0) is 19.5 Å². The van der Waals surface area contributed by atoms with E-state index in [4.69, 9.17) is 0 Å². The van der Waals surface area contributed by atoms with Crippen molar-refractivity contribution >= 4 is 0 Å². The molecular formula is C27H31N9O. The van der Waals surface area contributed by atoms with Crippen molar-refractivity contribution in [1.29, 1.82) is 0 Å². The predicted molar refractivity (Wildman–Crippen MR) is 141 cm³/mol. The lowest BCUT2D eigenvalue weighted by Crippen LogP contribution is -2.26. The monoisotopic (exact) mass is 497 g/mol. The van der Waals surface area contributed by atoms with E-state index in [0.717, 1.165) is 66.6 Å². The van der Waals surface area contributed by atoms with E-state index in [9.17, 15) is 4.79 Å². The molecule has 4 aromatic heterocycles. The molecule has 0 radical (unpaired) electrons. The molecule has 10 heteroatoms. The van der Waals surface area contributed by atoms with Crippen LogP contribution < -0.4 is 5.69 Å². The zero-order valence-corrected chi connectivity index (χ0v) is 21.2. The third kappa shape index (κ3) is 5.13. The van der Waals surface area contributed by atoms with Gasteiger partial charge in [0.15, 0.2) is 5.82 Å². The molecule has 0 atom stereocenters. The van der Waals surface area contributed by atoms with Gasteiger partial charge >= 0.3 is 5.69 Å². The van der Waals surface area contributed by atoms with E-state index in [1.165, 1.54) is 0 Å². The Kier molecular flexibility index (Phi) is 7.34. The maximum atomic E-state index is 13.7. The van der Waals surface area contributed by atoms with E-state index in [2.05, 4.69) is 49.0 Å². The molecule has 0 amide bonds. The lowest BCUT2D eigenvalue weighted by molar-refractivity contribution is 0.607. The first-order chi connectivity index (χ1) is 18.2. The van der Waals surface area contributed by atoms with Crippen molar-refractivity contribution < 1.29 is 0 Å². The highest BCUT2D eigenvalue weighted by Gasteiger charge is 2.18. The smallest absolute Gasteiger partial charge is 0.317 e. The van der Waals surface area contributed by atoms with Gasteiger partial charge in [-0.1, -0.05) is 51.0 Å². The Hall–Kier alpha value is -4.34. The van der Waals surface area contributed by atoms with Gasteiger partial charge in [-0.2, -0.15) is 0 Å². The maximum absolute atomic E-state index is 13.7. The number of hydrogen-bond donors (Lipinski definition) is 1. The third-order valence-corrected chi connectivity index (χ3v) is 6.56. The molecule has 5 aromatic rings. The van der Waals surface area contributed by atoms with Gasteiger partial charge in [-0.25, -0.2) is 19.4 Å². The quantitative estimate of drug-likeness (QED) is 0.292.